The number of rotatable bonds is 2. The van der Waals surface area contributed by atoms with Gasteiger partial charge in [-0.15, -0.1) is 0 Å². The number of nitrogens with zero attached hydrogens (tertiary/aromatic N) is 1. The molecule has 2 nitrogen and oxygen atoms in total. The second kappa shape index (κ2) is 3.64. The van der Waals surface area contributed by atoms with E-state index in [0.717, 1.165) is 17.1 Å². The highest BCUT2D eigenvalue weighted by atomic mass is 35.5. The Labute approximate surface area is 88.5 Å². The summed E-state index contributed by atoms with van der Waals surface area (Å²) in [6.45, 7) is 0.873. The Morgan fingerprint density at radius 2 is 2.21 bits per heavy atom. The molecule has 0 atom stereocenters. The Kier molecular flexibility index (Phi) is 2.48. The zero-order valence-electron chi connectivity index (χ0n) is 8.34. The van der Waals surface area contributed by atoms with Crippen molar-refractivity contribution < 1.29 is 0 Å². The third-order valence-corrected chi connectivity index (χ3v) is 2.71. The fourth-order valence-electron chi connectivity index (χ4n) is 1.83. The van der Waals surface area contributed by atoms with Crippen LogP contribution in [-0.2, 0) is 13.6 Å². The second-order valence-electron chi connectivity index (χ2n) is 3.43. The van der Waals surface area contributed by atoms with E-state index in [1.165, 1.54) is 10.9 Å². The van der Waals surface area contributed by atoms with E-state index in [1.807, 2.05) is 26.2 Å². The summed E-state index contributed by atoms with van der Waals surface area (Å²) in [5.74, 6) is 0. The summed E-state index contributed by atoms with van der Waals surface area (Å²) in [6.07, 6.45) is 2.12. The van der Waals surface area contributed by atoms with Gasteiger partial charge < -0.3 is 9.88 Å². The predicted octanol–water partition coefficient (Wildman–Crippen LogP) is 2.55. The molecule has 0 aliphatic carbocycles. The first-order valence-electron chi connectivity index (χ1n) is 4.61. The summed E-state index contributed by atoms with van der Waals surface area (Å²) in [7, 11) is 3.97. The molecule has 1 aromatic heterocycles. The van der Waals surface area contributed by atoms with Crippen LogP contribution in [-0.4, -0.2) is 11.6 Å². The van der Waals surface area contributed by atoms with Crippen molar-refractivity contribution in [2.24, 2.45) is 7.05 Å². The molecule has 0 amide bonds. The lowest BCUT2D eigenvalue weighted by molar-refractivity contribution is 0.815. The van der Waals surface area contributed by atoms with Crippen LogP contribution in [0.1, 0.15) is 5.56 Å². The lowest BCUT2D eigenvalue weighted by Crippen LogP contribution is -2.04. The molecule has 14 heavy (non-hydrogen) atoms. The highest BCUT2D eigenvalue weighted by Crippen LogP contribution is 2.26. The third-order valence-electron chi connectivity index (χ3n) is 2.40. The van der Waals surface area contributed by atoms with Gasteiger partial charge in [0, 0.05) is 25.2 Å². The zero-order valence-corrected chi connectivity index (χ0v) is 9.10. The molecule has 1 N–H and O–H groups in total. The quantitative estimate of drug-likeness (QED) is 0.803. The fourth-order valence-corrected chi connectivity index (χ4v) is 2.14. The van der Waals surface area contributed by atoms with Crippen LogP contribution in [0.2, 0.25) is 5.02 Å². The minimum Gasteiger partial charge on any atom is -0.349 e. The molecule has 0 spiro atoms. The molecule has 0 bridgehead atoms. The van der Waals surface area contributed by atoms with Gasteiger partial charge in [0.15, 0.2) is 0 Å². The van der Waals surface area contributed by atoms with Crippen LogP contribution in [0.25, 0.3) is 10.9 Å². The maximum absolute atomic E-state index is 6.13. The number of aromatic nitrogens is 1. The van der Waals surface area contributed by atoms with Gasteiger partial charge in [0.1, 0.15) is 0 Å². The molecule has 0 saturated carbocycles. The average Bonchev–Trinajstić information content (AvgIpc) is 2.46. The molecule has 1 heterocycles. The van der Waals surface area contributed by atoms with Crippen molar-refractivity contribution in [3.63, 3.8) is 0 Å². The number of aryl methyl sites for hydroxylation is 1. The molecule has 0 saturated heterocycles. The molecule has 0 radical (unpaired) electrons. The molecule has 2 aromatic rings. The monoisotopic (exact) mass is 208 g/mol. The van der Waals surface area contributed by atoms with Crippen LogP contribution < -0.4 is 5.32 Å². The Hall–Kier alpha value is -0.990. The smallest absolute Gasteiger partial charge is 0.0670 e. The van der Waals surface area contributed by atoms with Gasteiger partial charge in [0.05, 0.1) is 10.5 Å². The molecular formula is C11H13ClN2. The summed E-state index contributed by atoms with van der Waals surface area (Å²) in [5, 5.41) is 5.20. The van der Waals surface area contributed by atoms with Crippen LogP contribution in [0.15, 0.2) is 24.4 Å². The standard InChI is InChI=1S/C11H13ClN2/c1-13-6-8-7-14(2)11-9(8)4-3-5-10(11)12/h3-5,7,13H,6H2,1-2H3. The summed E-state index contributed by atoms with van der Waals surface area (Å²) in [6, 6.07) is 6.02. The van der Waals surface area contributed by atoms with Gasteiger partial charge in [-0.1, -0.05) is 23.7 Å². The Balaban J connectivity index is 2.71. The molecule has 0 aliphatic rings. The molecule has 74 valence electrons. The zero-order chi connectivity index (χ0) is 10.1. The minimum absolute atomic E-state index is 0.812. The number of hydrogen-bond acceptors (Lipinski definition) is 1. The highest BCUT2D eigenvalue weighted by Gasteiger charge is 2.07. The number of para-hydroxylation sites is 1. The van der Waals surface area contributed by atoms with Gasteiger partial charge in [-0.25, -0.2) is 0 Å². The van der Waals surface area contributed by atoms with E-state index in [2.05, 4.69) is 22.1 Å². The van der Waals surface area contributed by atoms with Crippen LogP contribution in [0.3, 0.4) is 0 Å². The summed E-state index contributed by atoms with van der Waals surface area (Å²) < 4.78 is 2.07. The molecule has 0 fully saturated rings. The Morgan fingerprint density at radius 1 is 1.43 bits per heavy atom. The molecule has 1 aromatic carbocycles. The number of nitrogens with one attached hydrogen (secondary N) is 1. The number of halogens is 1. The highest BCUT2D eigenvalue weighted by molar-refractivity contribution is 6.35. The third kappa shape index (κ3) is 1.41. The second-order valence-corrected chi connectivity index (χ2v) is 3.84. The van der Waals surface area contributed by atoms with E-state index in [-0.39, 0.29) is 0 Å². The lowest BCUT2D eigenvalue weighted by Gasteiger charge is -1.98. The Morgan fingerprint density at radius 3 is 2.93 bits per heavy atom. The van der Waals surface area contributed by atoms with Gasteiger partial charge in [-0.2, -0.15) is 0 Å². The SMILES string of the molecule is CNCc1cn(C)c2c(Cl)cccc12. The fraction of sp³-hybridized carbons (Fsp3) is 0.273. The number of benzene rings is 1. The normalized spacial score (nSPS) is 11.1. The maximum atomic E-state index is 6.13. The molecule has 0 unspecified atom stereocenters. The van der Waals surface area contributed by atoms with E-state index in [0.29, 0.717) is 0 Å². The van der Waals surface area contributed by atoms with Gasteiger partial charge in [-0.3, -0.25) is 0 Å². The largest absolute Gasteiger partial charge is 0.349 e. The van der Waals surface area contributed by atoms with Crippen LogP contribution in [0.5, 0.6) is 0 Å². The van der Waals surface area contributed by atoms with Crippen molar-refractivity contribution in [2.45, 2.75) is 6.54 Å². The van der Waals surface area contributed by atoms with Crippen molar-refractivity contribution in [3.8, 4) is 0 Å². The summed E-state index contributed by atoms with van der Waals surface area (Å²) in [5.41, 5.74) is 2.40. The molecule has 0 aliphatic heterocycles. The van der Waals surface area contributed by atoms with Crippen molar-refractivity contribution in [3.05, 3.63) is 35.0 Å². The number of hydrogen-bond donors (Lipinski definition) is 1. The van der Waals surface area contributed by atoms with E-state index >= 15 is 0 Å². The van der Waals surface area contributed by atoms with E-state index < -0.39 is 0 Å². The average molecular weight is 209 g/mol. The van der Waals surface area contributed by atoms with Crippen LogP contribution in [0.4, 0.5) is 0 Å². The van der Waals surface area contributed by atoms with Gasteiger partial charge in [0.2, 0.25) is 0 Å². The molecule has 2 rings (SSSR count). The van der Waals surface area contributed by atoms with Gasteiger partial charge in [-0.05, 0) is 18.7 Å². The Bertz CT molecular complexity index is 460. The first-order valence-corrected chi connectivity index (χ1v) is 4.99. The first-order chi connectivity index (χ1) is 6.74. The predicted molar refractivity (Wildman–Crippen MR) is 60.7 cm³/mol. The minimum atomic E-state index is 0.812. The number of fused-ring (bicyclic) bond motifs is 1. The summed E-state index contributed by atoms with van der Waals surface area (Å²) in [4.78, 5) is 0. The van der Waals surface area contributed by atoms with Crippen LogP contribution >= 0.6 is 11.6 Å². The van der Waals surface area contributed by atoms with Crippen molar-refractivity contribution in [1.82, 2.24) is 9.88 Å². The van der Waals surface area contributed by atoms with Crippen molar-refractivity contribution in [1.29, 1.82) is 0 Å². The molecule has 3 heteroatoms. The van der Waals surface area contributed by atoms with Crippen molar-refractivity contribution in [2.75, 3.05) is 7.05 Å². The van der Waals surface area contributed by atoms with Crippen molar-refractivity contribution >= 4 is 22.5 Å². The van der Waals surface area contributed by atoms with Gasteiger partial charge in [0.25, 0.3) is 0 Å². The lowest BCUT2D eigenvalue weighted by atomic mass is 10.2. The molecular weight excluding hydrogens is 196 g/mol. The summed E-state index contributed by atoms with van der Waals surface area (Å²) >= 11 is 6.13. The van der Waals surface area contributed by atoms with E-state index in [9.17, 15) is 0 Å². The first kappa shape index (κ1) is 9.56. The van der Waals surface area contributed by atoms with E-state index in [4.69, 9.17) is 11.6 Å². The topological polar surface area (TPSA) is 17.0 Å². The van der Waals surface area contributed by atoms with Gasteiger partial charge >= 0.3 is 0 Å². The van der Waals surface area contributed by atoms with E-state index in [1.54, 1.807) is 0 Å². The van der Waals surface area contributed by atoms with Crippen LogP contribution in [0, 0.1) is 0 Å². The maximum Gasteiger partial charge on any atom is 0.0670 e.